The molecule has 0 spiro atoms. The van der Waals surface area contributed by atoms with E-state index in [1.807, 2.05) is 6.92 Å². The van der Waals surface area contributed by atoms with Crippen LogP contribution >= 0.6 is 0 Å². The summed E-state index contributed by atoms with van der Waals surface area (Å²) in [7, 11) is 3.31. The molecule has 80 valence electrons. The predicted molar refractivity (Wildman–Crippen MR) is 50.0 cm³/mol. The van der Waals surface area contributed by atoms with Crippen molar-refractivity contribution in [2.75, 3.05) is 47.3 Å². The van der Waals surface area contributed by atoms with Gasteiger partial charge in [0.1, 0.15) is 0 Å². The van der Waals surface area contributed by atoms with Gasteiger partial charge in [0.15, 0.2) is 0 Å². The molecule has 0 rings (SSSR count). The number of hydrogen-bond donors (Lipinski definition) is 0. The molecule has 1 unspecified atom stereocenters. The highest BCUT2D eigenvalue weighted by Gasteiger charge is 2.00. The maximum Gasteiger partial charge on any atom is 0.0781 e. The van der Waals surface area contributed by atoms with Gasteiger partial charge in [0.05, 0.1) is 39.1 Å². The van der Waals surface area contributed by atoms with Gasteiger partial charge in [-0.1, -0.05) is 0 Å². The normalized spacial score (nSPS) is 13.2. The average Bonchev–Trinajstić information content (AvgIpc) is 2.13. The molecule has 13 heavy (non-hydrogen) atoms. The molecule has 0 fully saturated rings. The lowest BCUT2D eigenvalue weighted by atomic mass is 10.4. The second kappa shape index (κ2) is 9.92. The van der Waals surface area contributed by atoms with Gasteiger partial charge in [-0.25, -0.2) is 0 Å². The SMILES string of the molecule is COCCOCC(C)OCCOC. The Morgan fingerprint density at radius 3 is 2.15 bits per heavy atom. The fourth-order valence-electron chi connectivity index (χ4n) is 0.772. The molecule has 4 nitrogen and oxygen atoms in total. The summed E-state index contributed by atoms with van der Waals surface area (Å²) in [6, 6.07) is 0. The highest BCUT2D eigenvalue weighted by molar-refractivity contribution is 4.46. The van der Waals surface area contributed by atoms with Gasteiger partial charge in [-0.05, 0) is 6.92 Å². The van der Waals surface area contributed by atoms with Gasteiger partial charge >= 0.3 is 0 Å². The minimum absolute atomic E-state index is 0.118. The summed E-state index contributed by atoms with van der Waals surface area (Å²) in [4.78, 5) is 0. The average molecular weight is 192 g/mol. The Bertz CT molecular complexity index is 97.6. The number of rotatable bonds is 9. The van der Waals surface area contributed by atoms with Gasteiger partial charge < -0.3 is 18.9 Å². The summed E-state index contributed by atoms with van der Waals surface area (Å²) in [6.45, 7) is 5.07. The summed E-state index contributed by atoms with van der Waals surface area (Å²) in [5.74, 6) is 0. The smallest absolute Gasteiger partial charge is 0.0781 e. The van der Waals surface area contributed by atoms with Gasteiger partial charge in [-0.15, -0.1) is 0 Å². The minimum atomic E-state index is 0.118. The van der Waals surface area contributed by atoms with Crippen molar-refractivity contribution < 1.29 is 18.9 Å². The molecule has 0 saturated carbocycles. The maximum absolute atomic E-state index is 5.37. The van der Waals surface area contributed by atoms with E-state index in [0.29, 0.717) is 33.0 Å². The van der Waals surface area contributed by atoms with E-state index in [0.717, 1.165) is 0 Å². The molecule has 0 heterocycles. The fourth-order valence-corrected chi connectivity index (χ4v) is 0.772. The van der Waals surface area contributed by atoms with Gasteiger partial charge in [0.25, 0.3) is 0 Å². The van der Waals surface area contributed by atoms with E-state index in [9.17, 15) is 0 Å². The lowest BCUT2D eigenvalue weighted by Crippen LogP contribution is -2.19. The van der Waals surface area contributed by atoms with Crippen LogP contribution in [0.5, 0.6) is 0 Å². The quantitative estimate of drug-likeness (QED) is 0.504. The molecule has 4 heteroatoms. The van der Waals surface area contributed by atoms with Crippen molar-refractivity contribution >= 4 is 0 Å². The minimum Gasteiger partial charge on any atom is -0.382 e. The number of ether oxygens (including phenoxy) is 4. The van der Waals surface area contributed by atoms with Crippen LogP contribution in [-0.2, 0) is 18.9 Å². The van der Waals surface area contributed by atoms with Crippen molar-refractivity contribution in [3.05, 3.63) is 0 Å². The van der Waals surface area contributed by atoms with Crippen molar-refractivity contribution in [1.29, 1.82) is 0 Å². The third-order valence-electron chi connectivity index (χ3n) is 1.47. The largest absolute Gasteiger partial charge is 0.382 e. The van der Waals surface area contributed by atoms with Gasteiger partial charge in [-0.3, -0.25) is 0 Å². The summed E-state index contributed by atoms with van der Waals surface area (Å²) in [5, 5.41) is 0. The highest BCUT2D eigenvalue weighted by atomic mass is 16.6. The summed E-state index contributed by atoms with van der Waals surface area (Å²) >= 11 is 0. The molecule has 0 saturated heterocycles. The Balaban J connectivity index is 3.05. The Kier molecular flexibility index (Phi) is 9.80. The molecule has 0 aromatic carbocycles. The monoisotopic (exact) mass is 192 g/mol. The first-order chi connectivity index (χ1) is 6.31. The van der Waals surface area contributed by atoms with Crippen LogP contribution in [0.15, 0.2) is 0 Å². The van der Waals surface area contributed by atoms with Crippen LogP contribution < -0.4 is 0 Å². The van der Waals surface area contributed by atoms with Crippen molar-refractivity contribution in [3.63, 3.8) is 0 Å². The van der Waals surface area contributed by atoms with Crippen LogP contribution in [0, 0.1) is 0 Å². The molecular formula is C9H20O4. The van der Waals surface area contributed by atoms with E-state index in [1.165, 1.54) is 0 Å². The first-order valence-corrected chi connectivity index (χ1v) is 4.48. The number of methoxy groups -OCH3 is 2. The molecule has 0 aliphatic heterocycles. The van der Waals surface area contributed by atoms with Gasteiger partial charge in [0, 0.05) is 14.2 Å². The van der Waals surface area contributed by atoms with E-state index in [-0.39, 0.29) is 6.10 Å². The molecule has 0 aromatic heterocycles. The third kappa shape index (κ3) is 9.76. The molecule has 0 aromatic rings. The van der Waals surface area contributed by atoms with Crippen molar-refractivity contribution in [3.8, 4) is 0 Å². The molecule has 0 aliphatic rings. The van der Waals surface area contributed by atoms with Crippen molar-refractivity contribution in [2.45, 2.75) is 13.0 Å². The molecule has 0 amide bonds. The van der Waals surface area contributed by atoms with E-state index < -0.39 is 0 Å². The van der Waals surface area contributed by atoms with Crippen LogP contribution in [0.1, 0.15) is 6.92 Å². The zero-order chi connectivity index (χ0) is 9.94. The van der Waals surface area contributed by atoms with Crippen LogP contribution in [0.4, 0.5) is 0 Å². The first kappa shape index (κ1) is 12.8. The Morgan fingerprint density at radius 2 is 1.54 bits per heavy atom. The summed E-state index contributed by atoms with van der Waals surface area (Å²) < 4.78 is 20.3. The zero-order valence-electron chi connectivity index (χ0n) is 8.75. The fraction of sp³-hybridized carbons (Fsp3) is 1.00. The maximum atomic E-state index is 5.37. The third-order valence-corrected chi connectivity index (χ3v) is 1.47. The van der Waals surface area contributed by atoms with E-state index in [1.54, 1.807) is 14.2 Å². The topological polar surface area (TPSA) is 36.9 Å². The first-order valence-electron chi connectivity index (χ1n) is 4.48. The van der Waals surface area contributed by atoms with Crippen molar-refractivity contribution in [2.24, 2.45) is 0 Å². The van der Waals surface area contributed by atoms with Gasteiger partial charge in [-0.2, -0.15) is 0 Å². The second-order valence-corrected chi connectivity index (χ2v) is 2.74. The standard InChI is InChI=1S/C9H20O4/c1-9(13-7-5-11-3)8-12-6-4-10-2/h9H,4-8H2,1-3H3. The summed E-state index contributed by atoms with van der Waals surface area (Å²) in [6.07, 6.45) is 0.118. The number of hydrogen-bond acceptors (Lipinski definition) is 4. The molecular weight excluding hydrogens is 172 g/mol. The van der Waals surface area contributed by atoms with E-state index >= 15 is 0 Å². The van der Waals surface area contributed by atoms with Crippen LogP contribution in [0.25, 0.3) is 0 Å². The van der Waals surface area contributed by atoms with Crippen LogP contribution in [0.2, 0.25) is 0 Å². The second-order valence-electron chi connectivity index (χ2n) is 2.74. The lowest BCUT2D eigenvalue weighted by Gasteiger charge is -2.12. The lowest BCUT2D eigenvalue weighted by molar-refractivity contribution is -0.0320. The predicted octanol–water partition coefficient (Wildman–Crippen LogP) is 0.701. The van der Waals surface area contributed by atoms with E-state index in [4.69, 9.17) is 18.9 Å². The Morgan fingerprint density at radius 1 is 0.923 bits per heavy atom. The van der Waals surface area contributed by atoms with Gasteiger partial charge in [0.2, 0.25) is 0 Å². The van der Waals surface area contributed by atoms with E-state index in [2.05, 4.69) is 0 Å². The molecule has 0 aliphatic carbocycles. The molecule has 0 N–H and O–H groups in total. The van der Waals surface area contributed by atoms with Crippen LogP contribution in [0.3, 0.4) is 0 Å². The zero-order valence-corrected chi connectivity index (χ0v) is 8.75. The highest BCUT2D eigenvalue weighted by Crippen LogP contribution is 1.91. The Hall–Kier alpha value is -0.160. The molecule has 1 atom stereocenters. The molecule has 0 radical (unpaired) electrons. The van der Waals surface area contributed by atoms with Crippen LogP contribution in [-0.4, -0.2) is 53.4 Å². The Labute approximate surface area is 80.1 Å². The molecule has 0 bridgehead atoms. The van der Waals surface area contributed by atoms with Crippen molar-refractivity contribution in [1.82, 2.24) is 0 Å². The summed E-state index contributed by atoms with van der Waals surface area (Å²) in [5.41, 5.74) is 0.